The van der Waals surface area contributed by atoms with E-state index in [9.17, 15) is 9.59 Å². The molecule has 1 saturated heterocycles. The fourth-order valence-electron chi connectivity index (χ4n) is 3.26. The number of nitrogens with one attached hydrogen (secondary N) is 2. The molecule has 1 aromatic carbocycles. The number of aromatic nitrogens is 2. The number of ether oxygens (including phenoxy) is 2. The van der Waals surface area contributed by atoms with Gasteiger partial charge in [0.25, 0.3) is 5.91 Å². The summed E-state index contributed by atoms with van der Waals surface area (Å²) in [7, 11) is 1.58. The van der Waals surface area contributed by atoms with E-state index < -0.39 is 0 Å². The summed E-state index contributed by atoms with van der Waals surface area (Å²) in [6.07, 6.45) is 5.07. The number of methoxy groups -OCH3 is 1. The molecule has 1 aromatic heterocycles. The molecule has 1 fully saturated rings. The van der Waals surface area contributed by atoms with Crippen molar-refractivity contribution in [2.45, 2.75) is 32.3 Å². The number of hydrogen-bond donors (Lipinski definition) is 2. The van der Waals surface area contributed by atoms with Crippen molar-refractivity contribution in [1.82, 2.24) is 20.4 Å². The summed E-state index contributed by atoms with van der Waals surface area (Å²) in [5, 5.41) is 14.3. The molecule has 2 aromatic rings. The van der Waals surface area contributed by atoms with Gasteiger partial charge >= 0.3 is 0 Å². The van der Waals surface area contributed by atoms with Crippen LogP contribution in [0.25, 0.3) is 0 Å². The van der Waals surface area contributed by atoms with Crippen molar-refractivity contribution in [3.8, 4) is 5.75 Å². The highest BCUT2D eigenvalue weighted by molar-refractivity contribution is 7.13. The van der Waals surface area contributed by atoms with Gasteiger partial charge in [-0.3, -0.25) is 9.59 Å². The molecule has 2 N–H and O–H groups in total. The molecular weight excluding hydrogens is 418 g/mol. The predicted octanol–water partition coefficient (Wildman–Crippen LogP) is 2.31. The first kappa shape index (κ1) is 23.1. The van der Waals surface area contributed by atoms with Crippen LogP contribution in [0.5, 0.6) is 5.75 Å². The van der Waals surface area contributed by atoms with Crippen LogP contribution >= 0.6 is 11.3 Å². The Morgan fingerprint density at radius 1 is 1.10 bits per heavy atom. The molecule has 31 heavy (non-hydrogen) atoms. The number of carbonyl (C=O) groups excluding carboxylic acids is 2. The maximum absolute atomic E-state index is 12.3. The molecule has 2 heterocycles. The van der Waals surface area contributed by atoms with Crippen molar-refractivity contribution in [2.75, 3.05) is 45.2 Å². The highest BCUT2D eigenvalue weighted by Gasteiger charge is 2.14. The Hall–Kier alpha value is -2.56. The first-order valence-electron chi connectivity index (χ1n) is 10.5. The van der Waals surface area contributed by atoms with Gasteiger partial charge in [-0.2, -0.15) is 0 Å². The molecule has 168 valence electrons. The zero-order valence-corrected chi connectivity index (χ0v) is 18.6. The third kappa shape index (κ3) is 7.89. The quantitative estimate of drug-likeness (QED) is 0.576. The number of anilines is 1. The van der Waals surface area contributed by atoms with Crippen molar-refractivity contribution in [1.29, 1.82) is 0 Å². The zero-order chi connectivity index (χ0) is 21.9. The van der Waals surface area contributed by atoms with Gasteiger partial charge in [0.2, 0.25) is 10.9 Å². The van der Waals surface area contributed by atoms with E-state index in [2.05, 4.69) is 25.7 Å². The average Bonchev–Trinajstić information content (AvgIpc) is 3.10. The largest absolute Gasteiger partial charge is 0.497 e. The summed E-state index contributed by atoms with van der Waals surface area (Å²) in [6.45, 7) is 3.79. The molecule has 2 amide bonds. The van der Waals surface area contributed by atoms with E-state index in [1.54, 1.807) is 31.4 Å². The van der Waals surface area contributed by atoms with Gasteiger partial charge in [-0.15, -0.1) is 10.2 Å². The Bertz CT molecular complexity index is 835. The molecule has 0 aliphatic carbocycles. The topological polar surface area (TPSA) is 106 Å². The summed E-state index contributed by atoms with van der Waals surface area (Å²) in [4.78, 5) is 26.6. The molecule has 3 rings (SSSR count). The van der Waals surface area contributed by atoms with Gasteiger partial charge in [0, 0.05) is 18.8 Å². The summed E-state index contributed by atoms with van der Waals surface area (Å²) < 4.78 is 10.5. The van der Waals surface area contributed by atoms with Crippen molar-refractivity contribution in [3.63, 3.8) is 0 Å². The Morgan fingerprint density at radius 2 is 1.84 bits per heavy atom. The Kier molecular flexibility index (Phi) is 9.19. The lowest BCUT2D eigenvalue weighted by molar-refractivity contribution is -0.126. The van der Waals surface area contributed by atoms with Crippen LogP contribution in [0.3, 0.4) is 0 Å². The number of amides is 2. The van der Waals surface area contributed by atoms with Gasteiger partial charge in [0.1, 0.15) is 24.0 Å². The molecule has 10 heteroatoms. The van der Waals surface area contributed by atoms with Gasteiger partial charge in [0.15, 0.2) is 0 Å². The van der Waals surface area contributed by atoms with E-state index in [4.69, 9.17) is 9.47 Å². The molecule has 1 aliphatic rings. The molecular formula is C21H29N5O4S. The Labute approximate surface area is 186 Å². The lowest BCUT2D eigenvalue weighted by atomic mass is 10.2. The van der Waals surface area contributed by atoms with Gasteiger partial charge in [-0.25, -0.2) is 0 Å². The average molecular weight is 448 g/mol. The van der Waals surface area contributed by atoms with Gasteiger partial charge in [-0.1, -0.05) is 24.2 Å². The minimum atomic E-state index is -0.347. The van der Waals surface area contributed by atoms with E-state index in [-0.39, 0.29) is 30.0 Å². The normalized spacial score (nSPS) is 14.6. The number of nitrogens with zero attached hydrogens (tertiary/aromatic N) is 3. The Morgan fingerprint density at radius 3 is 2.55 bits per heavy atom. The van der Waals surface area contributed by atoms with Gasteiger partial charge < -0.3 is 25.0 Å². The summed E-state index contributed by atoms with van der Waals surface area (Å²) in [5.41, 5.74) is 0.635. The number of benzene rings is 1. The molecule has 0 saturated carbocycles. The van der Waals surface area contributed by atoms with Gasteiger partial charge in [-0.05, 0) is 50.2 Å². The molecule has 0 unspecified atom stereocenters. The maximum Gasteiger partial charge on any atom is 0.286 e. The van der Waals surface area contributed by atoms with Crippen LogP contribution in [0.4, 0.5) is 5.69 Å². The van der Waals surface area contributed by atoms with Crippen LogP contribution in [-0.2, 0) is 16.1 Å². The third-order valence-electron chi connectivity index (χ3n) is 4.92. The molecule has 0 atom stereocenters. The lowest BCUT2D eigenvalue weighted by Crippen LogP contribution is -2.36. The van der Waals surface area contributed by atoms with E-state index in [0.29, 0.717) is 23.0 Å². The number of hydrogen-bond acceptors (Lipinski definition) is 8. The zero-order valence-electron chi connectivity index (χ0n) is 17.8. The maximum atomic E-state index is 12.3. The molecule has 9 nitrogen and oxygen atoms in total. The van der Waals surface area contributed by atoms with Crippen molar-refractivity contribution in [3.05, 3.63) is 34.3 Å². The number of likely N-dealkylation sites (tertiary alicyclic amines) is 1. The highest BCUT2D eigenvalue weighted by atomic mass is 32.1. The van der Waals surface area contributed by atoms with Crippen LogP contribution in [-0.4, -0.2) is 66.8 Å². The van der Waals surface area contributed by atoms with Crippen LogP contribution in [0.2, 0.25) is 0 Å². The van der Waals surface area contributed by atoms with Crippen LogP contribution < -0.4 is 15.4 Å². The molecule has 0 bridgehead atoms. The second-order valence-corrected chi connectivity index (χ2v) is 8.34. The van der Waals surface area contributed by atoms with Crippen LogP contribution in [0, 0.1) is 0 Å². The summed E-state index contributed by atoms with van der Waals surface area (Å²) in [5.74, 6) is 0.205. The monoisotopic (exact) mass is 447 g/mol. The predicted molar refractivity (Wildman–Crippen MR) is 118 cm³/mol. The smallest absolute Gasteiger partial charge is 0.286 e. The van der Waals surface area contributed by atoms with E-state index >= 15 is 0 Å². The standard InChI is InChI=1S/C21H29N5O4S/c1-29-17-8-6-16(7-9-17)23-20(28)21-25-24-19(31-21)15-30-14-18(27)22-10-13-26-11-4-2-3-5-12-26/h6-9H,2-5,10-15H2,1H3,(H,22,27)(H,23,28). The number of carbonyl (C=O) groups is 2. The third-order valence-corrected chi connectivity index (χ3v) is 5.81. The highest BCUT2D eigenvalue weighted by Crippen LogP contribution is 2.17. The van der Waals surface area contributed by atoms with Crippen molar-refractivity contribution >= 4 is 28.8 Å². The first-order chi connectivity index (χ1) is 15.1. The van der Waals surface area contributed by atoms with Crippen LogP contribution in [0.1, 0.15) is 40.5 Å². The minimum absolute atomic E-state index is 0.0487. The Balaban J connectivity index is 1.33. The summed E-state index contributed by atoms with van der Waals surface area (Å²) in [6, 6.07) is 7.00. The lowest BCUT2D eigenvalue weighted by Gasteiger charge is -2.19. The van der Waals surface area contributed by atoms with Crippen LogP contribution in [0.15, 0.2) is 24.3 Å². The fourth-order valence-corrected chi connectivity index (χ4v) is 3.93. The summed E-state index contributed by atoms with van der Waals surface area (Å²) >= 11 is 1.14. The van der Waals surface area contributed by atoms with E-state index in [1.807, 2.05) is 0 Å². The fraction of sp³-hybridized carbons (Fsp3) is 0.524. The second kappa shape index (κ2) is 12.3. The molecule has 0 spiro atoms. The van der Waals surface area contributed by atoms with Crippen molar-refractivity contribution < 1.29 is 19.1 Å². The number of rotatable bonds is 10. The minimum Gasteiger partial charge on any atom is -0.497 e. The molecule has 0 radical (unpaired) electrons. The van der Waals surface area contributed by atoms with E-state index in [0.717, 1.165) is 31.0 Å². The SMILES string of the molecule is COc1ccc(NC(=O)c2nnc(COCC(=O)NCCN3CCCCCC3)s2)cc1. The van der Waals surface area contributed by atoms with Gasteiger partial charge in [0.05, 0.1) is 7.11 Å². The first-order valence-corrected chi connectivity index (χ1v) is 11.3. The van der Waals surface area contributed by atoms with E-state index in [1.165, 1.54) is 25.7 Å². The van der Waals surface area contributed by atoms with Crippen molar-refractivity contribution in [2.24, 2.45) is 0 Å². The second-order valence-electron chi connectivity index (χ2n) is 7.28. The molecule has 1 aliphatic heterocycles.